The summed E-state index contributed by atoms with van der Waals surface area (Å²) in [5.74, 6) is 0. The summed E-state index contributed by atoms with van der Waals surface area (Å²) < 4.78 is 63.3. The van der Waals surface area contributed by atoms with Crippen LogP contribution in [-0.4, -0.2) is 19.7 Å². The van der Waals surface area contributed by atoms with E-state index in [0.717, 1.165) is 12.1 Å². The SMILES string of the molecule is NC1CCCC1S(=O)(=O)c1ccccc1C(F)(F)F. The van der Waals surface area contributed by atoms with Gasteiger partial charge in [0.05, 0.1) is 15.7 Å². The summed E-state index contributed by atoms with van der Waals surface area (Å²) in [7, 11) is -4.05. The molecule has 0 spiro atoms. The lowest BCUT2D eigenvalue weighted by Crippen LogP contribution is -2.36. The Balaban J connectivity index is 2.53. The summed E-state index contributed by atoms with van der Waals surface area (Å²) in [5, 5.41) is -0.920. The number of rotatable bonds is 2. The van der Waals surface area contributed by atoms with Crippen LogP contribution < -0.4 is 5.73 Å². The van der Waals surface area contributed by atoms with Crippen LogP contribution in [0.1, 0.15) is 24.8 Å². The first-order valence-corrected chi connectivity index (χ1v) is 7.45. The van der Waals surface area contributed by atoms with Gasteiger partial charge in [0.2, 0.25) is 0 Å². The Bertz CT molecular complexity index is 569. The summed E-state index contributed by atoms with van der Waals surface area (Å²) in [6.45, 7) is 0. The van der Waals surface area contributed by atoms with Crippen molar-refractivity contribution in [3.63, 3.8) is 0 Å². The third-order valence-electron chi connectivity index (χ3n) is 3.40. The molecule has 0 heterocycles. The lowest BCUT2D eigenvalue weighted by atomic mass is 10.2. The molecule has 1 fully saturated rings. The first-order chi connectivity index (χ1) is 8.74. The zero-order chi connectivity index (χ0) is 14.3. The number of nitrogens with two attached hydrogens (primary N) is 1. The monoisotopic (exact) mass is 293 g/mol. The van der Waals surface area contributed by atoms with Crippen LogP contribution in [0.15, 0.2) is 29.2 Å². The third kappa shape index (κ3) is 2.62. The van der Waals surface area contributed by atoms with E-state index < -0.39 is 37.8 Å². The van der Waals surface area contributed by atoms with Gasteiger partial charge in [-0.25, -0.2) is 8.42 Å². The zero-order valence-electron chi connectivity index (χ0n) is 10.0. The van der Waals surface area contributed by atoms with Crippen LogP contribution in [0.2, 0.25) is 0 Å². The van der Waals surface area contributed by atoms with Crippen molar-refractivity contribution in [1.29, 1.82) is 0 Å². The second-order valence-corrected chi connectivity index (χ2v) is 6.81. The van der Waals surface area contributed by atoms with Crippen LogP contribution in [0.25, 0.3) is 0 Å². The van der Waals surface area contributed by atoms with Crippen LogP contribution in [0.3, 0.4) is 0 Å². The lowest BCUT2D eigenvalue weighted by molar-refractivity contribution is -0.139. The van der Waals surface area contributed by atoms with Crippen molar-refractivity contribution < 1.29 is 21.6 Å². The number of sulfone groups is 1. The molecule has 7 heteroatoms. The maximum absolute atomic E-state index is 12.9. The summed E-state index contributed by atoms with van der Waals surface area (Å²) in [4.78, 5) is -0.662. The third-order valence-corrected chi connectivity index (χ3v) is 5.75. The zero-order valence-corrected chi connectivity index (χ0v) is 10.8. The van der Waals surface area contributed by atoms with Gasteiger partial charge >= 0.3 is 6.18 Å². The molecule has 106 valence electrons. The molecule has 1 saturated carbocycles. The van der Waals surface area contributed by atoms with E-state index in [0.29, 0.717) is 19.3 Å². The second-order valence-electron chi connectivity index (χ2n) is 4.67. The first-order valence-electron chi connectivity index (χ1n) is 5.90. The number of benzene rings is 1. The Hall–Kier alpha value is -1.08. The van der Waals surface area contributed by atoms with Gasteiger partial charge in [-0.2, -0.15) is 13.2 Å². The van der Waals surface area contributed by atoms with Gasteiger partial charge in [0, 0.05) is 6.04 Å². The van der Waals surface area contributed by atoms with E-state index in [4.69, 9.17) is 5.73 Å². The summed E-state index contributed by atoms with van der Waals surface area (Å²) in [6.07, 6.45) is -3.22. The van der Waals surface area contributed by atoms with E-state index >= 15 is 0 Å². The average molecular weight is 293 g/mol. The van der Waals surface area contributed by atoms with Crippen LogP contribution in [-0.2, 0) is 16.0 Å². The smallest absolute Gasteiger partial charge is 0.327 e. The van der Waals surface area contributed by atoms with Gasteiger partial charge in [0.15, 0.2) is 9.84 Å². The van der Waals surface area contributed by atoms with Gasteiger partial charge in [-0.1, -0.05) is 18.6 Å². The van der Waals surface area contributed by atoms with E-state index in [2.05, 4.69) is 0 Å². The lowest BCUT2D eigenvalue weighted by Gasteiger charge is -2.19. The quantitative estimate of drug-likeness (QED) is 0.910. The summed E-state index contributed by atoms with van der Waals surface area (Å²) in [5.41, 5.74) is 4.58. The molecule has 0 aromatic heterocycles. The second kappa shape index (κ2) is 4.79. The Kier molecular flexibility index (Phi) is 3.61. The Labute approximate surface area is 109 Å². The van der Waals surface area contributed by atoms with Crippen LogP contribution in [0, 0.1) is 0 Å². The minimum absolute atomic E-state index is 0.315. The van der Waals surface area contributed by atoms with E-state index in [9.17, 15) is 21.6 Å². The summed E-state index contributed by atoms with van der Waals surface area (Å²) >= 11 is 0. The highest BCUT2D eigenvalue weighted by Crippen LogP contribution is 2.37. The molecule has 1 aliphatic carbocycles. The topological polar surface area (TPSA) is 60.2 Å². The van der Waals surface area contributed by atoms with Gasteiger partial charge in [0.25, 0.3) is 0 Å². The molecule has 2 N–H and O–H groups in total. The maximum Gasteiger partial charge on any atom is 0.417 e. The van der Waals surface area contributed by atoms with Crippen molar-refractivity contribution in [3.8, 4) is 0 Å². The molecular weight excluding hydrogens is 279 g/mol. The fourth-order valence-corrected chi connectivity index (χ4v) is 4.61. The van der Waals surface area contributed by atoms with E-state index in [1.807, 2.05) is 0 Å². The van der Waals surface area contributed by atoms with Crippen molar-refractivity contribution in [2.45, 2.75) is 41.6 Å². The normalized spacial score (nSPS) is 24.6. The summed E-state index contributed by atoms with van der Waals surface area (Å²) in [6, 6.07) is 3.67. The van der Waals surface area contributed by atoms with E-state index in [1.165, 1.54) is 12.1 Å². The fraction of sp³-hybridized carbons (Fsp3) is 0.500. The Morgan fingerprint density at radius 2 is 1.79 bits per heavy atom. The average Bonchev–Trinajstić information content (AvgIpc) is 2.75. The van der Waals surface area contributed by atoms with Gasteiger partial charge in [0.1, 0.15) is 0 Å². The minimum Gasteiger partial charge on any atom is -0.327 e. The molecule has 0 aliphatic heterocycles. The van der Waals surface area contributed by atoms with Gasteiger partial charge < -0.3 is 5.73 Å². The molecule has 0 saturated heterocycles. The van der Waals surface area contributed by atoms with Crippen molar-refractivity contribution >= 4 is 9.84 Å². The maximum atomic E-state index is 12.9. The number of halogens is 3. The van der Waals surface area contributed by atoms with Crippen LogP contribution in [0.4, 0.5) is 13.2 Å². The predicted molar refractivity (Wildman–Crippen MR) is 64.2 cm³/mol. The molecule has 0 amide bonds. The number of alkyl halides is 3. The number of hydrogen-bond donors (Lipinski definition) is 1. The minimum atomic E-state index is -4.69. The van der Waals surface area contributed by atoms with Crippen molar-refractivity contribution in [1.82, 2.24) is 0 Å². The highest BCUT2D eigenvalue weighted by atomic mass is 32.2. The molecule has 1 aromatic carbocycles. The highest BCUT2D eigenvalue weighted by molar-refractivity contribution is 7.92. The fourth-order valence-electron chi connectivity index (χ4n) is 2.45. The molecule has 2 atom stereocenters. The number of hydrogen-bond acceptors (Lipinski definition) is 3. The molecule has 0 bridgehead atoms. The molecule has 3 nitrogen and oxygen atoms in total. The molecule has 19 heavy (non-hydrogen) atoms. The van der Waals surface area contributed by atoms with E-state index in [-0.39, 0.29) is 0 Å². The van der Waals surface area contributed by atoms with E-state index in [1.54, 1.807) is 0 Å². The van der Waals surface area contributed by atoms with Gasteiger partial charge in [-0.15, -0.1) is 0 Å². The largest absolute Gasteiger partial charge is 0.417 e. The van der Waals surface area contributed by atoms with Gasteiger partial charge in [-0.05, 0) is 25.0 Å². The van der Waals surface area contributed by atoms with Crippen molar-refractivity contribution in [3.05, 3.63) is 29.8 Å². The first kappa shape index (κ1) is 14.3. The molecule has 0 radical (unpaired) electrons. The molecule has 1 aromatic rings. The molecule has 2 unspecified atom stereocenters. The predicted octanol–water partition coefficient (Wildman–Crippen LogP) is 2.36. The molecule has 2 rings (SSSR count). The Morgan fingerprint density at radius 1 is 1.16 bits per heavy atom. The van der Waals surface area contributed by atoms with Gasteiger partial charge in [-0.3, -0.25) is 0 Å². The van der Waals surface area contributed by atoms with Crippen molar-refractivity contribution in [2.75, 3.05) is 0 Å². The molecule has 1 aliphatic rings. The van der Waals surface area contributed by atoms with Crippen molar-refractivity contribution in [2.24, 2.45) is 5.73 Å². The molecular formula is C12H14F3NO2S. The Morgan fingerprint density at radius 3 is 2.32 bits per heavy atom. The van der Waals surface area contributed by atoms with Crippen LogP contribution in [0.5, 0.6) is 0 Å². The van der Waals surface area contributed by atoms with Crippen LogP contribution >= 0.6 is 0 Å². The highest BCUT2D eigenvalue weighted by Gasteiger charge is 2.42. The standard InChI is InChI=1S/C12H14F3NO2S/c13-12(14,15)8-4-1-2-6-10(8)19(17,18)11-7-3-5-9(11)16/h1-2,4,6,9,11H,3,5,7,16H2.